The third-order valence-electron chi connectivity index (χ3n) is 3.63. The second kappa shape index (κ2) is 4.97. The number of nitrogens with one attached hydrogen (secondary N) is 1. The number of carboxylic acids is 1. The van der Waals surface area contributed by atoms with Gasteiger partial charge >= 0.3 is 12.0 Å². The van der Waals surface area contributed by atoms with Gasteiger partial charge in [-0.05, 0) is 19.1 Å². The number of thioether (sulfide) groups is 1. The smallest absolute Gasteiger partial charge is 0.326 e. The average Bonchev–Trinajstić information content (AvgIpc) is 3.01. The third-order valence-corrected chi connectivity index (χ3v) is 5.05. The number of likely N-dealkylation sites (tertiary alicyclic amines) is 1. The summed E-state index contributed by atoms with van der Waals surface area (Å²) in [4.78, 5) is 24.1. The van der Waals surface area contributed by atoms with E-state index >= 15 is 0 Å². The van der Waals surface area contributed by atoms with Crippen molar-refractivity contribution in [1.29, 1.82) is 0 Å². The molecule has 0 bridgehead atoms. The molecular formula is C11H18N2O4S. The molecule has 2 rings (SSSR count). The van der Waals surface area contributed by atoms with Crippen molar-refractivity contribution in [2.24, 2.45) is 0 Å². The van der Waals surface area contributed by atoms with E-state index in [1.165, 1.54) is 4.90 Å². The molecule has 2 atom stereocenters. The molecule has 1 heterocycles. The molecule has 1 saturated carbocycles. The normalized spacial score (nSPS) is 29.1. The molecule has 1 saturated heterocycles. The SMILES string of the molecule is CSC1(CNC(=O)N2CC(O)CC2C(=O)O)CC1. The lowest BCUT2D eigenvalue weighted by atomic mass is 10.2. The summed E-state index contributed by atoms with van der Waals surface area (Å²) < 4.78 is 0.146. The molecule has 6 nitrogen and oxygen atoms in total. The number of nitrogens with zero attached hydrogens (tertiary/aromatic N) is 1. The number of aliphatic carboxylic acids is 1. The Balaban J connectivity index is 1.89. The Morgan fingerprint density at radius 3 is 2.67 bits per heavy atom. The number of carbonyl (C=O) groups is 2. The summed E-state index contributed by atoms with van der Waals surface area (Å²) in [6, 6.07) is -1.30. The van der Waals surface area contributed by atoms with E-state index in [4.69, 9.17) is 5.11 Å². The highest BCUT2D eigenvalue weighted by atomic mass is 32.2. The summed E-state index contributed by atoms with van der Waals surface area (Å²) in [7, 11) is 0. The van der Waals surface area contributed by atoms with Gasteiger partial charge in [0.25, 0.3) is 0 Å². The van der Waals surface area contributed by atoms with Gasteiger partial charge in [0.2, 0.25) is 0 Å². The zero-order valence-electron chi connectivity index (χ0n) is 10.3. The van der Waals surface area contributed by atoms with Crippen molar-refractivity contribution >= 4 is 23.8 Å². The molecule has 2 fully saturated rings. The van der Waals surface area contributed by atoms with Crippen molar-refractivity contribution in [2.45, 2.75) is 36.2 Å². The lowest BCUT2D eigenvalue weighted by molar-refractivity contribution is -0.141. The Bertz CT molecular complexity index is 359. The van der Waals surface area contributed by atoms with Crippen molar-refractivity contribution in [3.63, 3.8) is 0 Å². The number of hydrogen-bond acceptors (Lipinski definition) is 4. The van der Waals surface area contributed by atoms with Gasteiger partial charge in [0.05, 0.1) is 6.10 Å². The van der Waals surface area contributed by atoms with Crippen LogP contribution in [0.4, 0.5) is 4.79 Å². The van der Waals surface area contributed by atoms with E-state index in [0.29, 0.717) is 6.54 Å². The summed E-state index contributed by atoms with van der Waals surface area (Å²) in [6.07, 6.45) is 3.54. The Morgan fingerprint density at radius 1 is 1.50 bits per heavy atom. The monoisotopic (exact) mass is 274 g/mol. The highest BCUT2D eigenvalue weighted by Gasteiger charge is 2.44. The summed E-state index contributed by atoms with van der Waals surface area (Å²) in [5.41, 5.74) is 0. The number of rotatable bonds is 4. The van der Waals surface area contributed by atoms with Gasteiger partial charge in [0, 0.05) is 24.3 Å². The van der Waals surface area contributed by atoms with Gasteiger partial charge < -0.3 is 20.4 Å². The first-order valence-electron chi connectivity index (χ1n) is 5.98. The Kier molecular flexibility index (Phi) is 3.72. The van der Waals surface area contributed by atoms with E-state index < -0.39 is 18.1 Å². The zero-order chi connectivity index (χ0) is 13.3. The minimum atomic E-state index is -1.06. The van der Waals surface area contributed by atoms with Crippen molar-refractivity contribution < 1.29 is 19.8 Å². The first kappa shape index (κ1) is 13.5. The quantitative estimate of drug-likeness (QED) is 0.677. The van der Waals surface area contributed by atoms with Crippen molar-refractivity contribution in [3.8, 4) is 0 Å². The summed E-state index contributed by atoms with van der Waals surface area (Å²) in [6.45, 7) is 0.654. The molecule has 2 unspecified atom stereocenters. The second-order valence-electron chi connectivity index (χ2n) is 4.94. The predicted molar refractivity (Wildman–Crippen MR) is 67.6 cm³/mol. The van der Waals surface area contributed by atoms with Crippen LogP contribution in [0.5, 0.6) is 0 Å². The van der Waals surface area contributed by atoms with Crippen molar-refractivity contribution in [1.82, 2.24) is 10.2 Å². The second-order valence-corrected chi connectivity index (χ2v) is 6.22. The summed E-state index contributed by atoms with van der Waals surface area (Å²) in [5.74, 6) is -1.06. The van der Waals surface area contributed by atoms with Gasteiger partial charge in [-0.1, -0.05) is 0 Å². The largest absolute Gasteiger partial charge is 0.480 e. The predicted octanol–water partition coefficient (Wildman–Crippen LogP) is 0.111. The van der Waals surface area contributed by atoms with Gasteiger partial charge in [0.15, 0.2) is 0 Å². The maximum absolute atomic E-state index is 11.9. The molecule has 2 amide bonds. The molecule has 18 heavy (non-hydrogen) atoms. The van der Waals surface area contributed by atoms with E-state index in [2.05, 4.69) is 5.32 Å². The van der Waals surface area contributed by atoms with E-state index in [0.717, 1.165) is 12.8 Å². The standard InChI is InChI=1S/C11H18N2O4S/c1-18-11(2-3-11)6-12-10(17)13-5-7(14)4-8(13)9(15)16/h7-8,14H,2-6H2,1H3,(H,12,17)(H,15,16). The molecule has 7 heteroatoms. The fraction of sp³-hybridized carbons (Fsp3) is 0.818. The van der Waals surface area contributed by atoms with E-state index in [1.807, 2.05) is 6.26 Å². The van der Waals surface area contributed by atoms with Crippen LogP contribution >= 0.6 is 11.8 Å². The molecule has 102 valence electrons. The van der Waals surface area contributed by atoms with Gasteiger partial charge in [-0.25, -0.2) is 9.59 Å². The maximum Gasteiger partial charge on any atom is 0.326 e. The molecule has 0 radical (unpaired) electrons. The highest BCUT2D eigenvalue weighted by Crippen LogP contribution is 2.46. The van der Waals surface area contributed by atoms with Crippen LogP contribution in [0.25, 0.3) is 0 Å². The molecular weight excluding hydrogens is 256 g/mol. The van der Waals surface area contributed by atoms with Crippen LogP contribution in [0.1, 0.15) is 19.3 Å². The van der Waals surface area contributed by atoms with E-state index in [9.17, 15) is 14.7 Å². The number of aliphatic hydroxyl groups excluding tert-OH is 1. The highest BCUT2D eigenvalue weighted by molar-refractivity contribution is 8.00. The van der Waals surface area contributed by atoms with Crippen molar-refractivity contribution in [2.75, 3.05) is 19.3 Å². The van der Waals surface area contributed by atoms with Gasteiger partial charge in [-0.15, -0.1) is 0 Å². The average molecular weight is 274 g/mol. The molecule has 0 aromatic heterocycles. The number of carbonyl (C=O) groups excluding carboxylic acids is 1. The van der Waals surface area contributed by atoms with Crippen LogP contribution in [-0.2, 0) is 4.79 Å². The minimum absolute atomic E-state index is 0.0923. The Labute approximate surface area is 110 Å². The lowest BCUT2D eigenvalue weighted by Crippen LogP contribution is -2.47. The number of aliphatic hydroxyl groups is 1. The van der Waals surface area contributed by atoms with Gasteiger partial charge in [-0.3, -0.25) is 0 Å². The molecule has 1 aliphatic heterocycles. The molecule has 0 aromatic carbocycles. The first-order valence-corrected chi connectivity index (χ1v) is 7.20. The summed E-state index contributed by atoms with van der Waals surface area (Å²) in [5, 5.41) is 21.2. The van der Waals surface area contributed by atoms with Crippen LogP contribution in [-0.4, -0.2) is 63.4 Å². The van der Waals surface area contributed by atoms with Gasteiger partial charge in [-0.2, -0.15) is 11.8 Å². The van der Waals surface area contributed by atoms with Crippen LogP contribution in [0, 0.1) is 0 Å². The Morgan fingerprint density at radius 2 is 2.17 bits per heavy atom. The number of hydrogen-bond donors (Lipinski definition) is 3. The molecule has 3 N–H and O–H groups in total. The number of carboxylic acid groups (broad SMARTS) is 1. The molecule has 2 aliphatic rings. The fourth-order valence-corrected chi connectivity index (χ4v) is 2.93. The van der Waals surface area contributed by atoms with Crippen LogP contribution in [0.15, 0.2) is 0 Å². The Hall–Kier alpha value is -0.950. The molecule has 0 aromatic rings. The first-order chi connectivity index (χ1) is 8.47. The maximum atomic E-state index is 11.9. The van der Waals surface area contributed by atoms with E-state index in [1.54, 1.807) is 11.8 Å². The topological polar surface area (TPSA) is 89.9 Å². The number of amides is 2. The number of β-amino-alcohol motifs (C(OH)–C–C–N with tert-alkyl or cyclic N) is 1. The number of urea groups is 1. The minimum Gasteiger partial charge on any atom is -0.480 e. The van der Waals surface area contributed by atoms with Crippen molar-refractivity contribution in [3.05, 3.63) is 0 Å². The fourth-order valence-electron chi connectivity index (χ4n) is 2.20. The van der Waals surface area contributed by atoms with E-state index in [-0.39, 0.29) is 23.7 Å². The summed E-state index contributed by atoms with van der Waals surface area (Å²) >= 11 is 1.73. The van der Waals surface area contributed by atoms with Crippen LogP contribution in [0.2, 0.25) is 0 Å². The van der Waals surface area contributed by atoms with Gasteiger partial charge in [0.1, 0.15) is 6.04 Å². The van der Waals surface area contributed by atoms with Crippen LogP contribution in [0.3, 0.4) is 0 Å². The van der Waals surface area contributed by atoms with Crippen LogP contribution < -0.4 is 5.32 Å². The molecule has 1 aliphatic carbocycles. The zero-order valence-corrected chi connectivity index (χ0v) is 11.1. The molecule has 0 spiro atoms. The lowest BCUT2D eigenvalue weighted by Gasteiger charge is -2.23. The third kappa shape index (κ3) is 2.72.